The summed E-state index contributed by atoms with van der Waals surface area (Å²) in [7, 11) is 1.68. The quantitative estimate of drug-likeness (QED) is 0.838. The van der Waals surface area contributed by atoms with E-state index in [-0.39, 0.29) is 0 Å². The molecule has 0 aliphatic rings. The number of hydrogen-bond acceptors (Lipinski definition) is 4. The second kappa shape index (κ2) is 5.37. The van der Waals surface area contributed by atoms with E-state index in [1.165, 1.54) is 0 Å². The van der Waals surface area contributed by atoms with Crippen LogP contribution in [0.4, 0.5) is 0 Å². The van der Waals surface area contributed by atoms with E-state index in [9.17, 15) is 0 Å². The zero-order valence-corrected chi connectivity index (χ0v) is 10.7. The topological polar surface area (TPSA) is 22.1 Å². The van der Waals surface area contributed by atoms with E-state index in [4.69, 9.17) is 4.74 Å². The summed E-state index contributed by atoms with van der Waals surface area (Å²) >= 11 is 5.83. The van der Waals surface area contributed by atoms with Crippen molar-refractivity contribution in [1.82, 2.24) is 4.98 Å². The maximum Gasteiger partial charge on any atom is 0.120 e. The van der Waals surface area contributed by atoms with Crippen LogP contribution in [-0.2, 0) is 0 Å². The van der Waals surface area contributed by atoms with Crippen LogP contribution >= 0.6 is 24.0 Å². The number of methoxy groups -OCH3 is 1. The standard InChI is InChI=1S/C12H13NOS2/c1-14-9-5-6-10-11(8-9)16-12(13-10)4-2-3-7-15/h2,4-6,8,15H,3,7H2,1H3. The molecule has 0 amide bonds. The zero-order valence-electron chi connectivity index (χ0n) is 9.01. The molecule has 1 aromatic heterocycles. The number of thiol groups is 1. The van der Waals surface area contributed by atoms with E-state index in [2.05, 4.69) is 23.7 Å². The number of rotatable bonds is 4. The third kappa shape index (κ3) is 2.57. The number of benzene rings is 1. The van der Waals surface area contributed by atoms with Crippen molar-refractivity contribution < 1.29 is 4.74 Å². The highest BCUT2D eigenvalue weighted by atomic mass is 32.1. The van der Waals surface area contributed by atoms with Gasteiger partial charge in [-0.3, -0.25) is 0 Å². The van der Waals surface area contributed by atoms with Crippen LogP contribution in [0.5, 0.6) is 5.75 Å². The maximum absolute atomic E-state index is 5.18. The second-order valence-corrected chi connectivity index (χ2v) is 4.81. The molecule has 0 bridgehead atoms. The van der Waals surface area contributed by atoms with Gasteiger partial charge in [0, 0.05) is 0 Å². The SMILES string of the molecule is COc1ccc2nc(C=CCCS)sc2c1. The van der Waals surface area contributed by atoms with Crippen LogP contribution in [0.15, 0.2) is 24.3 Å². The smallest absolute Gasteiger partial charge is 0.120 e. The fraction of sp³-hybridized carbons (Fsp3) is 0.250. The van der Waals surface area contributed by atoms with Crippen molar-refractivity contribution in [2.45, 2.75) is 6.42 Å². The monoisotopic (exact) mass is 251 g/mol. The Hall–Kier alpha value is -1.00. The van der Waals surface area contributed by atoms with Crippen LogP contribution in [0.1, 0.15) is 11.4 Å². The minimum atomic E-state index is 0.870. The number of allylic oxidation sites excluding steroid dienone is 1. The van der Waals surface area contributed by atoms with Crippen LogP contribution in [0.2, 0.25) is 0 Å². The van der Waals surface area contributed by atoms with Gasteiger partial charge in [-0.25, -0.2) is 4.98 Å². The van der Waals surface area contributed by atoms with Crippen LogP contribution in [-0.4, -0.2) is 17.8 Å². The highest BCUT2D eigenvalue weighted by molar-refractivity contribution is 7.80. The van der Waals surface area contributed by atoms with Crippen molar-refractivity contribution >= 4 is 40.3 Å². The molecule has 16 heavy (non-hydrogen) atoms. The first-order valence-electron chi connectivity index (χ1n) is 5.05. The number of thiazole rings is 1. The molecule has 2 nitrogen and oxygen atoms in total. The fourth-order valence-corrected chi connectivity index (χ4v) is 2.46. The van der Waals surface area contributed by atoms with Gasteiger partial charge in [0.25, 0.3) is 0 Å². The predicted molar refractivity (Wildman–Crippen MR) is 73.7 cm³/mol. The molecular formula is C12H13NOS2. The summed E-state index contributed by atoms with van der Waals surface area (Å²) in [5.74, 6) is 1.75. The molecule has 1 heterocycles. The first-order chi connectivity index (χ1) is 7.83. The highest BCUT2D eigenvalue weighted by Crippen LogP contribution is 2.26. The van der Waals surface area contributed by atoms with Crippen LogP contribution in [0.25, 0.3) is 16.3 Å². The number of ether oxygens (including phenoxy) is 1. The fourth-order valence-electron chi connectivity index (χ4n) is 1.38. The van der Waals surface area contributed by atoms with Gasteiger partial charge in [0.05, 0.1) is 17.3 Å². The Labute approximate surface area is 104 Å². The average Bonchev–Trinajstić information content (AvgIpc) is 2.70. The lowest BCUT2D eigenvalue weighted by atomic mass is 10.3. The van der Waals surface area contributed by atoms with Crippen molar-refractivity contribution in [2.75, 3.05) is 12.9 Å². The molecule has 0 radical (unpaired) electrons. The van der Waals surface area contributed by atoms with Gasteiger partial charge in [0.2, 0.25) is 0 Å². The van der Waals surface area contributed by atoms with Crippen molar-refractivity contribution in [3.8, 4) is 5.75 Å². The van der Waals surface area contributed by atoms with Crippen molar-refractivity contribution in [2.24, 2.45) is 0 Å². The lowest BCUT2D eigenvalue weighted by Crippen LogP contribution is -1.80. The second-order valence-electron chi connectivity index (χ2n) is 3.30. The molecule has 0 N–H and O–H groups in total. The minimum absolute atomic E-state index is 0.870. The molecule has 0 fully saturated rings. The first kappa shape index (κ1) is 11.5. The Morgan fingerprint density at radius 3 is 3.12 bits per heavy atom. The lowest BCUT2D eigenvalue weighted by molar-refractivity contribution is 0.415. The summed E-state index contributed by atoms with van der Waals surface area (Å²) in [5, 5.41) is 1.03. The number of aromatic nitrogens is 1. The van der Waals surface area contributed by atoms with E-state index in [1.54, 1.807) is 18.4 Å². The molecule has 84 valence electrons. The molecule has 0 spiro atoms. The van der Waals surface area contributed by atoms with Gasteiger partial charge >= 0.3 is 0 Å². The van der Waals surface area contributed by atoms with Gasteiger partial charge < -0.3 is 4.74 Å². The van der Waals surface area contributed by atoms with Crippen molar-refractivity contribution in [3.05, 3.63) is 29.3 Å². The van der Waals surface area contributed by atoms with Gasteiger partial charge in [-0.2, -0.15) is 12.6 Å². The molecule has 2 aromatic rings. The van der Waals surface area contributed by atoms with Crippen LogP contribution in [0, 0.1) is 0 Å². The molecule has 1 aromatic carbocycles. The Balaban J connectivity index is 2.29. The summed E-state index contributed by atoms with van der Waals surface area (Å²) in [5.41, 5.74) is 1.02. The van der Waals surface area contributed by atoms with Crippen LogP contribution < -0.4 is 4.74 Å². The summed E-state index contributed by atoms with van der Waals surface area (Å²) < 4.78 is 6.34. The molecule has 0 aliphatic heterocycles. The predicted octanol–water partition coefficient (Wildman–Crippen LogP) is 3.64. The number of hydrogen-bond donors (Lipinski definition) is 1. The summed E-state index contributed by atoms with van der Waals surface area (Å²) in [6, 6.07) is 5.94. The van der Waals surface area contributed by atoms with Gasteiger partial charge in [0.15, 0.2) is 0 Å². The molecule has 4 heteroatoms. The molecule has 0 atom stereocenters. The maximum atomic E-state index is 5.18. The molecule has 2 rings (SSSR count). The van der Waals surface area contributed by atoms with E-state index >= 15 is 0 Å². The van der Waals surface area contributed by atoms with Crippen LogP contribution in [0.3, 0.4) is 0 Å². The van der Waals surface area contributed by atoms with Gasteiger partial charge in [0.1, 0.15) is 10.8 Å². The number of fused-ring (bicyclic) bond motifs is 1. The summed E-state index contributed by atoms with van der Waals surface area (Å²) in [4.78, 5) is 4.51. The normalized spacial score (nSPS) is 11.4. The average molecular weight is 251 g/mol. The lowest BCUT2D eigenvalue weighted by Gasteiger charge is -1.96. The van der Waals surface area contributed by atoms with Gasteiger partial charge in [-0.1, -0.05) is 6.08 Å². The summed E-state index contributed by atoms with van der Waals surface area (Å²) in [6.45, 7) is 0. The molecular weight excluding hydrogens is 238 g/mol. The van der Waals surface area contributed by atoms with Gasteiger partial charge in [-0.15, -0.1) is 11.3 Å². The third-order valence-corrected chi connectivity index (χ3v) is 3.41. The minimum Gasteiger partial charge on any atom is -0.497 e. The number of nitrogens with zero attached hydrogens (tertiary/aromatic N) is 1. The Bertz CT molecular complexity index is 505. The Morgan fingerprint density at radius 1 is 1.50 bits per heavy atom. The molecule has 0 aliphatic carbocycles. The van der Waals surface area contributed by atoms with E-state index in [1.807, 2.05) is 24.3 Å². The third-order valence-electron chi connectivity index (χ3n) is 2.17. The molecule has 0 saturated heterocycles. The Morgan fingerprint density at radius 2 is 2.38 bits per heavy atom. The summed E-state index contributed by atoms with van der Waals surface area (Å²) in [6.07, 6.45) is 5.12. The van der Waals surface area contributed by atoms with Gasteiger partial charge in [-0.05, 0) is 36.4 Å². The highest BCUT2D eigenvalue weighted by Gasteiger charge is 2.02. The van der Waals surface area contributed by atoms with E-state index in [0.29, 0.717) is 0 Å². The Kier molecular flexibility index (Phi) is 3.85. The molecule has 0 unspecified atom stereocenters. The van der Waals surface area contributed by atoms with E-state index in [0.717, 1.165) is 33.1 Å². The first-order valence-corrected chi connectivity index (χ1v) is 6.50. The zero-order chi connectivity index (χ0) is 11.4. The van der Waals surface area contributed by atoms with E-state index < -0.39 is 0 Å². The molecule has 0 saturated carbocycles. The van der Waals surface area contributed by atoms with Crippen molar-refractivity contribution in [1.29, 1.82) is 0 Å². The van der Waals surface area contributed by atoms with Crippen molar-refractivity contribution in [3.63, 3.8) is 0 Å². The largest absolute Gasteiger partial charge is 0.497 e.